The average molecular weight is 320 g/mol. The summed E-state index contributed by atoms with van der Waals surface area (Å²) < 4.78 is 6.24. The van der Waals surface area contributed by atoms with Crippen molar-refractivity contribution in [3.05, 3.63) is 21.8 Å². The summed E-state index contributed by atoms with van der Waals surface area (Å²) in [5, 5.41) is 0. The smallest absolute Gasteiger partial charge is 0.0637 e. The average Bonchev–Trinajstić information content (AvgIpc) is 2.21. The first-order chi connectivity index (χ1) is 7.19. The number of nitrogen functional groups attached to an aromatic ring is 1. The highest BCUT2D eigenvalue weighted by molar-refractivity contribution is 14.1. The van der Waals surface area contributed by atoms with Crippen molar-refractivity contribution in [2.24, 2.45) is 0 Å². The molecule has 0 aromatic heterocycles. The zero-order chi connectivity index (χ0) is 11.3. The Morgan fingerprint density at radius 1 is 1.47 bits per heavy atom. The number of nitrogens with two attached hydrogens (primary N) is 1. The van der Waals surface area contributed by atoms with E-state index in [1.165, 1.54) is 0 Å². The van der Waals surface area contributed by atoms with Crippen molar-refractivity contribution in [2.75, 3.05) is 37.4 Å². The lowest BCUT2D eigenvalue weighted by Gasteiger charge is -2.24. The Labute approximate surface area is 105 Å². The summed E-state index contributed by atoms with van der Waals surface area (Å²) in [6, 6.07) is 6.13. The molecule has 15 heavy (non-hydrogen) atoms. The van der Waals surface area contributed by atoms with Crippen LogP contribution in [-0.4, -0.2) is 26.8 Å². The largest absolute Gasteiger partial charge is 0.397 e. The lowest BCUT2D eigenvalue weighted by Crippen LogP contribution is -2.27. The monoisotopic (exact) mass is 320 g/mol. The van der Waals surface area contributed by atoms with Gasteiger partial charge < -0.3 is 15.4 Å². The van der Waals surface area contributed by atoms with E-state index >= 15 is 0 Å². The molecule has 1 aromatic carbocycles. The van der Waals surface area contributed by atoms with Crippen molar-refractivity contribution in [1.82, 2.24) is 0 Å². The second kappa shape index (κ2) is 6.17. The molecule has 0 fully saturated rings. The van der Waals surface area contributed by atoms with Crippen LogP contribution in [-0.2, 0) is 4.74 Å². The van der Waals surface area contributed by atoms with Gasteiger partial charge in [0.1, 0.15) is 0 Å². The molecule has 3 nitrogen and oxygen atoms in total. The molecule has 0 saturated heterocycles. The Hall–Kier alpha value is -0.490. The quantitative estimate of drug-likeness (QED) is 0.669. The first kappa shape index (κ1) is 12.6. The molecule has 0 heterocycles. The SMILES string of the molecule is CCN(CCOC)c1ccc(I)cc1N. The van der Waals surface area contributed by atoms with Gasteiger partial charge in [-0.25, -0.2) is 0 Å². The molecule has 0 aliphatic rings. The molecule has 1 aromatic rings. The van der Waals surface area contributed by atoms with Crippen LogP contribution in [0.4, 0.5) is 11.4 Å². The first-order valence-electron chi connectivity index (χ1n) is 4.98. The van der Waals surface area contributed by atoms with Gasteiger partial charge in [0.15, 0.2) is 0 Å². The van der Waals surface area contributed by atoms with Crippen molar-refractivity contribution in [2.45, 2.75) is 6.92 Å². The van der Waals surface area contributed by atoms with Gasteiger partial charge in [0, 0.05) is 23.8 Å². The number of likely N-dealkylation sites (N-methyl/N-ethyl adjacent to an activating group) is 1. The summed E-state index contributed by atoms with van der Waals surface area (Å²) in [5.41, 5.74) is 7.91. The first-order valence-corrected chi connectivity index (χ1v) is 6.05. The third-order valence-corrected chi connectivity index (χ3v) is 2.95. The number of anilines is 2. The van der Waals surface area contributed by atoms with Crippen LogP contribution in [0.25, 0.3) is 0 Å². The lowest BCUT2D eigenvalue weighted by atomic mass is 10.2. The normalized spacial score (nSPS) is 10.3. The van der Waals surface area contributed by atoms with Crippen LogP contribution in [0.3, 0.4) is 0 Å². The Morgan fingerprint density at radius 3 is 2.73 bits per heavy atom. The van der Waals surface area contributed by atoms with Crippen LogP contribution in [0.2, 0.25) is 0 Å². The molecule has 4 heteroatoms. The number of hydrogen-bond donors (Lipinski definition) is 1. The maximum Gasteiger partial charge on any atom is 0.0637 e. The van der Waals surface area contributed by atoms with Crippen LogP contribution in [0, 0.1) is 3.57 Å². The van der Waals surface area contributed by atoms with Gasteiger partial charge >= 0.3 is 0 Å². The highest BCUT2D eigenvalue weighted by Gasteiger charge is 2.07. The topological polar surface area (TPSA) is 38.5 Å². The van der Waals surface area contributed by atoms with E-state index in [2.05, 4.69) is 46.5 Å². The van der Waals surface area contributed by atoms with Crippen LogP contribution in [0.5, 0.6) is 0 Å². The number of hydrogen-bond acceptors (Lipinski definition) is 3. The second-order valence-corrected chi connectivity index (χ2v) is 4.52. The van der Waals surface area contributed by atoms with Crippen molar-refractivity contribution in [3.8, 4) is 0 Å². The highest BCUT2D eigenvalue weighted by atomic mass is 127. The Morgan fingerprint density at radius 2 is 2.20 bits per heavy atom. The zero-order valence-corrected chi connectivity index (χ0v) is 11.3. The van der Waals surface area contributed by atoms with Crippen molar-refractivity contribution in [3.63, 3.8) is 0 Å². The molecule has 0 radical (unpaired) electrons. The summed E-state index contributed by atoms with van der Waals surface area (Å²) in [7, 11) is 1.71. The summed E-state index contributed by atoms with van der Waals surface area (Å²) in [6.07, 6.45) is 0. The molecule has 2 N–H and O–H groups in total. The van der Waals surface area contributed by atoms with Crippen molar-refractivity contribution < 1.29 is 4.74 Å². The van der Waals surface area contributed by atoms with Crippen molar-refractivity contribution in [1.29, 1.82) is 0 Å². The minimum atomic E-state index is 0.721. The molecule has 0 spiro atoms. The molecule has 0 saturated carbocycles. The predicted molar refractivity (Wildman–Crippen MR) is 73.3 cm³/mol. The molecule has 0 amide bonds. The van der Waals surface area contributed by atoms with Gasteiger partial charge in [-0.1, -0.05) is 0 Å². The van der Waals surface area contributed by atoms with E-state index in [-0.39, 0.29) is 0 Å². The number of ether oxygens (including phenoxy) is 1. The van der Waals surface area contributed by atoms with Crippen LogP contribution in [0.1, 0.15) is 6.92 Å². The van der Waals surface area contributed by atoms with E-state index in [0.717, 1.165) is 34.6 Å². The highest BCUT2D eigenvalue weighted by Crippen LogP contribution is 2.24. The third-order valence-electron chi connectivity index (χ3n) is 2.28. The van der Waals surface area contributed by atoms with E-state index in [1.807, 2.05) is 6.07 Å². The maximum atomic E-state index is 5.98. The van der Waals surface area contributed by atoms with Crippen molar-refractivity contribution >= 4 is 34.0 Å². The van der Waals surface area contributed by atoms with Gasteiger partial charge in [-0.3, -0.25) is 0 Å². The molecule has 0 bridgehead atoms. The fourth-order valence-electron chi connectivity index (χ4n) is 1.46. The molecule has 0 unspecified atom stereocenters. The zero-order valence-electron chi connectivity index (χ0n) is 9.16. The van der Waals surface area contributed by atoms with E-state index in [0.29, 0.717) is 0 Å². The van der Waals surface area contributed by atoms with Gasteiger partial charge in [-0.2, -0.15) is 0 Å². The van der Waals surface area contributed by atoms with Gasteiger partial charge in [-0.05, 0) is 47.7 Å². The number of rotatable bonds is 5. The number of nitrogens with zero attached hydrogens (tertiary/aromatic N) is 1. The van der Waals surface area contributed by atoms with Gasteiger partial charge in [-0.15, -0.1) is 0 Å². The molecular formula is C11H17IN2O. The fraction of sp³-hybridized carbons (Fsp3) is 0.455. The second-order valence-electron chi connectivity index (χ2n) is 3.28. The standard InChI is InChI=1S/C11H17IN2O/c1-3-14(6-7-15-2)11-5-4-9(12)8-10(11)13/h4-5,8H,3,6-7,13H2,1-2H3. The van der Waals surface area contributed by atoms with Gasteiger partial charge in [0.2, 0.25) is 0 Å². The van der Waals surface area contributed by atoms with E-state index in [4.69, 9.17) is 10.5 Å². The molecule has 1 rings (SSSR count). The molecular weight excluding hydrogens is 303 g/mol. The van der Waals surface area contributed by atoms with E-state index in [9.17, 15) is 0 Å². The summed E-state index contributed by atoms with van der Waals surface area (Å²) in [4.78, 5) is 2.22. The summed E-state index contributed by atoms with van der Waals surface area (Å²) >= 11 is 2.26. The fourth-order valence-corrected chi connectivity index (χ4v) is 1.98. The van der Waals surface area contributed by atoms with Crippen LogP contribution >= 0.6 is 22.6 Å². The number of benzene rings is 1. The van der Waals surface area contributed by atoms with E-state index in [1.54, 1.807) is 7.11 Å². The summed E-state index contributed by atoms with van der Waals surface area (Å²) in [5.74, 6) is 0. The molecule has 0 aliphatic heterocycles. The number of methoxy groups -OCH3 is 1. The van der Waals surface area contributed by atoms with E-state index < -0.39 is 0 Å². The Kier molecular flexibility index (Phi) is 5.17. The van der Waals surface area contributed by atoms with Gasteiger partial charge in [0.25, 0.3) is 0 Å². The van der Waals surface area contributed by atoms with Crippen LogP contribution < -0.4 is 10.6 Å². The minimum absolute atomic E-state index is 0.721. The third kappa shape index (κ3) is 3.53. The predicted octanol–water partition coefficient (Wildman–Crippen LogP) is 2.35. The molecule has 84 valence electrons. The molecule has 0 atom stereocenters. The minimum Gasteiger partial charge on any atom is -0.397 e. The Bertz CT molecular complexity index is 317. The lowest BCUT2D eigenvalue weighted by molar-refractivity contribution is 0.205. The number of halogens is 1. The van der Waals surface area contributed by atoms with Gasteiger partial charge in [0.05, 0.1) is 18.0 Å². The summed E-state index contributed by atoms with van der Waals surface area (Å²) in [6.45, 7) is 4.65. The Balaban J connectivity index is 2.81. The molecule has 0 aliphatic carbocycles. The van der Waals surface area contributed by atoms with Crippen LogP contribution in [0.15, 0.2) is 18.2 Å². The maximum absolute atomic E-state index is 5.98.